The molecule has 0 heterocycles. The second-order valence-corrected chi connectivity index (χ2v) is 6.41. The van der Waals surface area contributed by atoms with Crippen LogP contribution in [0.3, 0.4) is 0 Å². The first-order chi connectivity index (χ1) is 13.3. The van der Waals surface area contributed by atoms with Crippen LogP contribution in [0, 0.1) is 0 Å². The summed E-state index contributed by atoms with van der Waals surface area (Å²) in [5.74, 6) is -0.0871. The van der Waals surface area contributed by atoms with E-state index in [-0.39, 0.29) is 5.91 Å². The van der Waals surface area contributed by atoms with E-state index < -0.39 is 0 Å². The Hall–Kier alpha value is -3.13. The maximum absolute atomic E-state index is 12.2. The van der Waals surface area contributed by atoms with Gasteiger partial charge >= 0.3 is 0 Å². The first kappa shape index (κ1) is 18.7. The van der Waals surface area contributed by atoms with E-state index in [4.69, 9.17) is 0 Å². The van der Waals surface area contributed by atoms with Crippen molar-refractivity contribution in [2.75, 3.05) is 0 Å². The SMILES string of the molecule is CCc1ccc([N]C(=O)CCC=C(c2ccccc2)c2ccccc2)cc1. The number of hydrogen-bond acceptors (Lipinski definition) is 1. The number of aryl methyl sites for hydroxylation is 1. The van der Waals surface area contributed by atoms with Crippen LogP contribution in [0.1, 0.15) is 36.5 Å². The lowest BCUT2D eigenvalue weighted by atomic mass is 9.96. The second-order valence-electron chi connectivity index (χ2n) is 6.41. The molecular formula is C25H24NO. The van der Waals surface area contributed by atoms with Gasteiger partial charge in [-0.3, -0.25) is 4.79 Å². The molecule has 0 atom stereocenters. The standard InChI is InChI=1S/C25H24NO/c1-2-20-16-18-23(19-17-20)26-25(27)15-9-14-24(21-10-5-3-6-11-21)22-12-7-4-8-13-22/h3-8,10-14,16-19H,2,9,15H2,1H3. The molecule has 0 N–H and O–H groups in total. The number of benzene rings is 3. The smallest absolute Gasteiger partial charge is 0.246 e. The Bertz CT molecular complexity index is 839. The molecule has 0 fully saturated rings. The molecule has 0 spiro atoms. The number of carbonyl (C=O) groups excluding carboxylic acids is 1. The zero-order chi connectivity index (χ0) is 18.9. The summed E-state index contributed by atoms with van der Waals surface area (Å²) in [6.45, 7) is 2.11. The fourth-order valence-corrected chi connectivity index (χ4v) is 2.98. The Balaban J connectivity index is 1.66. The van der Waals surface area contributed by atoms with Crippen molar-refractivity contribution in [3.63, 3.8) is 0 Å². The molecule has 0 bridgehead atoms. The fourth-order valence-electron chi connectivity index (χ4n) is 2.98. The molecular weight excluding hydrogens is 330 g/mol. The van der Waals surface area contributed by atoms with Crippen molar-refractivity contribution in [2.45, 2.75) is 26.2 Å². The summed E-state index contributed by atoms with van der Waals surface area (Å²) < 4.78 is 0. The van der Waals surface area contributed by atoms with E-state index in [0.717, 1.165) is 28.8 Å². The average molecular weight is 354 g/mol. The average Bonchev–Trinajstić information content (AvgIpc) is 2.73. The first-order valence-corrected chi connectivity index (χ1v) is 9.41. The molecule has 3 rings (SSSR count). The molecule has 0 aliphatic heterocycles. The van der Waals surface area contributed by atoms with Gasteiger partial charge in [0.2, 0.25) is 5.91 Å². The van der Waals surface area contributed by atoms with Gasteiger partial charge in [0.15, 0.2) is 0 Å². The first-order valence-electron chi connectivity index (χ1n) is 9.41. The van der Waals surface area contributed by atoms with Crippen LogP contribution in [0.15, 0.2) is 91.0 Å². The lowest BCUT2D eigenvalue weighted by Gasteiger charge is -2.09. The van der Waals surface area contributed by atoms with Gasteiger partial charge in [-0.1, -0.05) is 85.8 Å². The van der Waals surface area contributed by atoms with E-state index in [1.54, 1.807) is 0 Å². The van der Waals surface area contributed by atoms with E-state index in [9.17, 15) is 4.79 Å². The van der Waals surface area contributed by atoms with Gasteiger partial charge in [-0.25, -0.2) is 5.32 Å². The molecule has 2 heteroatoms. The van der Waals surface area contributed by atoms with Gasteiger partial charge in [-0.2, -0.15) is 0 Å². The van der Waals surface area contributed by atoms with E-state index in [2.05, 4.69) is 42.6 Å². The molecule has 1 radical (unpaired) electrons. The summed E-state index contributed by atoms with van der Waals surface area (Å²) in [6, 6.07) is 28.4. The lowest BCUT2D eigenvalue weighted by Crippen LogP contribution is -2.09. The highest BCUT2D eigenvalue weighted by atomic mass is 16.1. The Morgan fingerprint density at radius 2 is 1.37 bits per heavy atom. The minimum Gasteiger partial charge on any atom is -0.273 e. The molecule has 0 saturated heterocycles. The molecule has 3 aromatic rings. The number of carbonyl (C=O) groups is 1. The van der Waals surface area contributed by atoms with Crippen molar-refractivity contribution < 1.29 is 4.79 Å². The normalized spacial score (nSPS) is 10.3. The topological polar surface area (TPSA) is 31.2 Å². The number of nitrogens with zero attached hydrogens (tertiary/aromatic N) is 1. The molecule has 2 nitrogen and oxygen atoms in total. The van der Waals surface area contributed by atoms with Crippen molar-refractivity contribution in [3.8, 4) is 0 Å². The van der Waals surface area contributed by atoms with Gasteiger partial charge < -0.3 is 0 Å². The zero-order valence-electron chi connectivity index (χ0n) is 15.6. The summed E-state index contributed by atoms with van der Waals surface area (Å²) in [7, 11) is 0. The molecule has 0 aliphatic rings. The lowest BCUT2D eigenvalue weighted by molar-refractivity contribution is -0.120. The van der Waals surface area contributed by atoms with Crippen molar-refractivity contribution in [2.24, 2.45) is 0 Å². The zero-order valence-corrected chi connectivity index (χ0v) is 15.6. The molecule has 135 valence electrons. The third-order valence-corrected chi connectivity index (χ3v) is 4.47. The molecule has 0 saturated carbocycles. The molecule has 0 unspecified atom stereocenters. The molecule has 3 aromatic carbocycles. The molecule has 0 aromatic heterocycles. The van der Waals surface area contributed by atoms with E-state index >= 15 is 0 Å². The van der Waals surface area contributed by atoms with Crippen LogP contribution < -0.4 is 5.32 Å². The summed E-state index contributed by atoms with van der Waals surface area (Å²) in [4.78, 5) is 12.2. The molecule has 1 amide bonds. The van der Waals surface area contributed by atoms with Gasteiger partial charge in [0.25, 0.3) is 0 Å². The van der Waals surface area contributed by atoms with Crippen LogP contribution in [-0.2, 0) is 11.2 Å². The van der Waals surface area contributed by atoms with Gasteiger partial charge in [-0.05, 0) is 47.2 Å². The summed E-state index contributed by atoms with van der Waals surface area (Å²) in [5, 5.41) is 4.21. The van der Waals surface area contributed by atoms with E-state index in [0.29, 0.717) is 12.8 Å². The van der Waals surface area contributed by atoms with Crippen LogP contribution in [0.4, 0.5) is 5.69 Å². The van der Waals surface area contributed by atoms with Crippen LogP contribution in [0.5, 0.6) is 0 Å². The number of rotatable bonds is 7. The summed E-state index contributed by atoms with van der Waals surface area (Å²) in [5.41, 5.74) is 5.44. The fraction of sp³-hybridized carbons (Fsp3) is 0.160. The predicted molar refractivity (Wildman–Crippen MR) is 112 cm³/mol. The van der Waals surface area contributed by atoms with Crippen LogP contribution >= 0.6 is 0 Å². The van der Waals surface area contributed by atoms with Crippen LogP contribution in [0.25, 0.3) is 5.57 Å². The molecule has 27 heavy (non-hydrogen) atoms. The summed E-state index contributed by atoms with van der Waals surface area (Å²) in [6.07, 6.45) is 4.19. The van der Waals surface area contributed by atoms with E-state index in [1.807, 2.05) is 60.7 Å². The maximum Gasteiger partial charge on any atom is 0.246 e. The van der Waals surface area contributed by atoms with Crippen LogP contribution in [-0.4, -0.2) is 5.91 Å². The Labute approximate surface area is 161 Å². The number of hydrogen-bond donors (Lipinski definition) is 0. The monoisotopic (exact) mass is 354 g/mol. The minimum atomic E-state index is -0.0871. The third kappa shape index (κ3) is 5.42. The predicted octanol–water partition coefficient (Wildman–Crippen LogP) is 5.92. The quantitative estimate of drug-likeness (QED) is 0.518. The van der Waals surface area contributed by atoms with Crippen molar-refractivity contribution >= 4 is 17.2 Å². The van der Waals surface area contributed by atoms with Crippen molar-refractivity contribution in [1.82, 2.24) is 5.32 Å². The van der Waals surface area contributed by atoms with Gasteiger partial charge in [0, 0.05) is 6.42 Å². The van der Waals surface area contributed by atoms with Crippen molar-refractivity contribution in [1.29, 1.82) is 0 Å². The Morgan fingerprint density at radius 1 is 0.815 bits per heavy atom. The van der Waals surface area contributed by atoms with Gasteiger partial charge in [-0.15, -0.1) is 0 Å². The van der Waals surface area contributed by atoms with Crippen molar-refractivity contribution in [3.05, 3.63) is 108 Å². The Kier molecular flexibility index (Phi) is 6.59. The summed E-state index contributed by atoms with van der Waals surface area (Å²) >= 11 is 0. The highest BCUT2D eigenvalue weighted by Gasteiger charge is 2.07. The highest BCUT2D eigenvalue weighted by Crippen LogP contribution is 2.24. The number of allylic oxidation sites excluding steroid dienone is 1. The minimum absolute atomic E-state index is 0.0871. The van der Waals surface area contributed by atoms with Gasteiger partial charge in [0.05, 0.1) is 5.69 Å². The third-order valence-electron chi connectivity index (χ3n) is 4.47. The van der Waals surface area contributed by atoms with Crippen LogP contribution in [0.2, 0.25) is 0 Å². The van der Waals surface area contributed by atoms with Gasteiger partial charge in [0.1, 0.15) is 0 Å². The van der Waals surface area contributed by atoms with E-state index in [1.165, 1.54) is 5.56 Å². The largest absolute Gasteiger partial charge is 0.273 e. The maximum atomic E-state index is 12.2. The number of amides is 1. The highest BCUT2D eigenvalue weighted by molar-refractivity contribution is 5.82. The molecule has 0 aliphatic carbocycles. The Morgan fingerprint density at radius 3 is 1.89 bits per heavy atom. The second kappa shape index (κ2) is 9.54.